The van der Waals surface area contributed by atoms with Crippen molar-refractivity contribution in [2.45, 2.75) is 19.8 Å². The molecule has 0 fully saturated rings. The van der Waals surface area contributed by atoms with Crippen LogP contribution in [0.2, 0.25) is 0 Å². The zero-order valence-electron chi connectivity index (χ0n) is 14.8. The predicted octanol–water partition coefficient (Wildman–Crippen LogP) is 4.19. The lowest BCUT2D eigenvalue weighted by Crippen LogP contribution is -2.14. The summed E-state index contributed by atoms with van der Waals surface area (Å²) in [6.07, 6.45) is 1.77. The summed E-state index contributed by atoms with van der Waals surface area (Å²) in [5, 5.41) is 18.2. The SMILES string of the molecule is CCCc1nnc(NC(=O)c2nc(-c3cccs3)n(-c3ccc(F)cc3)n2)s1. The van der Waals surface area contributed by atoms with Crippen LogP contribution in [0.25, 0.3) is 16.4 Å². The molecule has 0 aliphatic rings. The van der Waals surface area contributed by atoms with E-state index in [4.69, 9.17) is 0 Å². The molecule has 1 amide bonds. The number of halogens is 1. The molecule has 0 spiro atoms. The van der Waals surface area contributed by atoms with Gasteiger partial charge in [-0.2, -0.15) is 0 Å². The number of hydrogen-bond donors (Lipinski definition) is 1. The van der Waals surface area contributed by atoms with Crippen molar-refractivity contribution in [3.05, 3.63) is 58.4 Å². The number of carbonyl (C=O) groups excluding carboxylic acids is 1. The van der Waals surface area contributed by atoms with Crippen LogP contribution < -0.4 is 5.32 Å². The number of carbonyl (C=O) groups is 1. The Morgan fingerprint density at radius 1 is 1.21 bits per heavy atom. The number of benzene rings is 1. The van der Waals surface area contributed by atoms with E-state index in [1.54, 1.807) is 12.1 Å². The fraction of sp³-hybridized carbons (Fsp3) is 0.167. The highest BCUT2D eigenvalue weighted by molar-refractivity contribution is 7.15. The fourth-order valence-corrected chi connectivity index (χ4v) is 4.04. The minimum Gasteiger partial charge on any atom is -0.294 e. The largest absolute Gasteiger partial charge is 0.297 e. The average Bonchev–Trinajstić information content (AvgIpc) is 3.43. The lowest BCUT2D eigenvalue weighted by Gasteiger charge is -2.03. The van der Waals surface area contributed by atoms with E-state index in [-0.39, 0.29) is 11.6 Å². The van der Waals surface area contributed by atoms with Gasteiger partial charge in [-0.15, -0.1) is 26.6 Å². The van der Waals surface area contributed by atoms with Crippen molar-refractivity contribution in [2.75, 3.05) is 5.32 Å². The molecule has 0 atom stereocenters. The van der Waals surface area contributed by atoms with Gasteiger partial charge in [0.05, 0.1) is 10.6 Å². The van der Waals surface area contributed by atoms with E-state index in [1.165, 1.54) is 39.5 Å². The molecule has 0 bridgehead atoms. The molecule has 0 saturated carbocycles. The van der Waals surface area contributed by atoms with Gasteiger partial charge in [-0.1, -0.05) is 24.3 Å². The number of aromatic nitrogens is 5. The van der Waals surface area contributed by atoms with Gasteiger partial charge in [-0.05, 0) is 42.1 Å². The number of amides is 1. The van der Waals surface area contributed by atoms with Crippen molar-refractivity contribution in [3.8, 4) is 16.4 Å². The molecule has 10 heteroatoms. The van der Waals surface area contributed by atoms with Gasteiger partial charge in [0.1, 0.15) is 10.8 Å². The lowest BCUT2D eigenvalue weighted by atomic mass is 10.3. The number of anilines is 1. The highest BCUT2D eigenvalue weighted by atomic mass is 32.1. The van der Waals surface area contributed by atoms with Crippen LogP contribution in [0.1, 0.15) is 29.0 Å². The number of thiophene rings is 1. The average molecular weight is 414 g/mol. The van der Waals surface area contributed by atoms with Crippen molar-refractivity contribution < 1.29 is 9.18 Å². The van der Waals surface area contributed by atoms with Gasteiger partial charge >= 0.3 is 0 Å². The second kappa shape index (κ2) is 7.95. The van der Waals surface area contributed by atoms with Crippen LogP contribution in [-0.2, 0) is 6.42 Å². The first-order chi connectivity index (χ1) is 13.6. The lowest BCUT2D eigenvalue weighted by molar-refractivity contribution is 0.101. The zero-order valence-corrected chi connectivity index (χ0v) is 16.4. The fourth-order valence-electron chi connectivity index (χ4n) is 2.51. The van der Waals surface area contributed by atoms with Crippen molar-refractivity contribution in [3.63, 3.8) is 0 Å². The van der Waals surface area contributed by atoms with Gasteiger partial charge in [0.25, 0.3) is 5.91 Å². The molecule has 1 N–H and O–H groups in total. The normalized spacial score (nSPS) is 10.9. The molecule has 142 valence electrons. The molecule has 1 aromatic carbocycles. The Hall–Kier alpha value is -2.98. The first-order valence-electron chi connectivity index (χ1n) is 8.54. The molecule has 0 saturated heterocycles. The van der Waals surface area contributed by atoms with Gasteiger partial charge < -0.3 is 0 Å². The second-order valence-corrected chi connectivity index (χ2v) is 7.84. The molecular formula is C18H15FN6OS2. The van der Waals surface area contributed by atoms with Crippen LogP contribution in [0.4, 0.5) is 9.52 Å². The molecular weight excluding hydrogens is 399 g/mol. The third-order valence-electron chi connectivity index (χ3n) is 3.77. The van der Waals surface area contributed by atoms with Crippen molar-refractivity contribution in [2.24, 2.45) is 0 Å². The molecule has 3 heterocycles. The molecule has 4 aromatic rings. The van der Waals surface area contributed by atoms with Crippen molar-refractivity contribution in [1.82, 2.24) is 25.0 Å². The van der Waals surface area contributed by atoms with E-state index in [0.29, 0.717) is 16.6 Å². The van der Waals surface area contributed by atoms with Gasteiger partial charge in [-0.3, -0.25) is 10.1 Å². The van der Waals surface area contributed by atoms with Crippen LogP contribution in [0.15, 0.2) is 41.8 Å². The van der Waals surface area contributed by atoms with E-state index in [9.17, 15) is 9.18 Å². The maximum Gasteiger partial charge on any atom is 0.297 e. The maximum atomic E-state index is 13.3. The highest BCUT2D eigenvalue weighted by Gasteiger charge is 2.20. The number of rotatable bonds is 6. The highest BCUT2D eigenvalue weighted by Crippen LogP contribution is 2.26. The Balaban J connectivity index is 1.66. The Morgan fingerprint density at radius 2 is 2.04 bits per heavy atom. The summed E-state index contributed by atoms with van der Waals surface area (Å²) < 4.78 is 14.8. The molecule has 0 aliphatic heterocycles. The summed E-state index contributed by atoms with van der Waals surface area (Å²) in [5.74, 6) is -0.313. The molecule has 0 aliphatic carbocycles. The van der Waals surface area contributed by atoms with Crippen LogP contribution in [-0.4, -0.2) is 30.9 Å². The van der Waals surface area contributed by atoms with E-state index in [2.05, 4.69) is 32.5 Å². The number of aryl methyl sites for hydroxylation is 1. The molecule has 0 unspecified atom stereocenters. The summed E-state index contributed by atoms with van der Waals surface area (Å²) in [5.41, 5.74) is 0.609. The van der Waals surface area contributed by atoms with E-state index >= 15 is 0 Å². The Bertz CT molecular complexity index is 1090. The summed E-state index contributed by atoms with van der Waals surface area (Å²) in [4.78, 5) is 17.9. The summed E-state index contributed by atoms with van der Waals surface area (Å²) in [6, 6.07) is 9.63. The first kappa shape index (κ1) is 18.4. The summed E-state index contributed by atoms with van der Waals surface area (Å²) >= 11 is 2.81. The van der Waals surface area contributed by atoms with Gasteiger partial charge in [-0.25, -0.2) is 14.1 Å². The Labute approximate surface area is 167 Å². The summed E-state index contributed by atoms with van der Waals surface area (Å²) in [6.45, 7) is 2.05. The Morgan fingerprint density at radius 3 is 2.75 bits per heavy atom. The number of hydrogen-bond acceptors (Lipinski definition) is 7. The van der Waals surface area contributed by atoms with E-state index in [1.807, 2.05) is 17.5 Å². The topological polar surface area (TPSA) is 85.6 Å². The van der Waals surface area contributed by atoms with Crippen molar-refractivity contribution in [1.29, 1.82) is 0 Å². The standard InChI is InChI=1S/C18H15FN6OS2/c1-2-4-14-22-23-18(28-14)21-17(26)15-20-16(13-5-3-10-27-13)25(24-15)12-8-6-11(19)7-9-12/h3,5-10H,2,4H2,1H3,(H,21,23,26). The molecule has 4 rings (SSSR count). The zero-order chi connectivity index (χ0) is 19.5. The maximum absolute atomic E-state index is 13.3. The second-order valence-electron chi connectivity index (χ2n) is 5.83. The van der Waals surface area contributed by atoms with Crippen LogP contribution in [0.5, 0.6) is 0 Å². The van der Waals surface area contributed by atoms with E-state index < -0.39 is 5.91 Å². The van der Waals surface area contributed by atoms with Gasteiger partial charge in [0, 0.05) is 6.42 Å². The predicted molar refractivity (Wildman–Crippen MR) is 106 cm³/mol. The first-order valence-corrected chi connectivity index (χ1v) is 10.2. The van der Waals surface area contributed by atoms with Gasteiger partial charge in [0.2, 0.25) is 11.0 Å². The quantitative estimate of drug-likeness (QED) is 0.511. The third kappa shape index (κ3) is 3.82. The molecule has 7 nitrogen and oxygen atoms in total. The third-order valence-corrected chi connectivity index (χ3v) is 5.54. The van der Waals surface area contributed by atoms with Crippen LogP contribution in [0, 0.1) is 5.82 Å². The molecule has 0 radical (unpaired) electrons. The number of nitrogens with zero attached hydrogens (tertiary/aromatic N) is 5. The molecule has 3 aromatic heterocycles. The number of nitrogens with one attached hydrogen (secondary N) is 1. The summed E-state index contributed by atoms with van der Waals surface area (Å²) in [7, 11) is 0. The minimum absolute atomic E-state index is 0.0000310. The van der Waals surface area contributed by atoms with E-state index in [0.717, 1.165) is 22.7 Å². The van der Waals surface area contributed by atoms with Crippen LogP contribution in [0.3, 0.4) is 0 Å². The monoisotopic (exact) mass is 414 g/mol. The molecule has 28 heavy (non-hydrogen) atoms. The van der Waals surface area contributed by atoms with Crippen molar-refractivity contribution >= 4 is 33.7 Å². The minimum atomic E-state index is -0.474. The van der Waals surface area contributed by atoms with Crippen LogP contribution >= 0.6 is 22.7 Å². The smallest absolute Gasteiger partial charge is 0.294 e. The van der Waals surface area contributed by atoms with Gasteiger partial charge in [0.15, 0.2) is 5.82 Å². The Kier molecular flexibility index (Phi) is 5.22.